The maximum absolute atomic E-state index is 5.40. The van der Waals surface area contributed by atoms with Crippen LogP contribution in [-0.4, -0.2) is 98.3 Å². The predicted molar refractivity (Wildman–Crippen MR) is 219 cm³/mol. The largest absolute Gasteiger partial charge is 0.474 e. The first-order valence-corrected chi connectivity index (χ1v) is 22.0. The molecule has 1 aliphatic heterocycles. The lowest BCUT2D eigenvalue weighted by atomic mass is 11.3. The number of rotatable bonds is 8. The lowest BCUT2D eigenvalue weighted by Gasteiger charge is -2.37. The Labute approximate surface area is 320 Å². The number of thiocarbonyl (C=S) groups is 8. The van der Waals surface area contributed by atoms with Gasteiger partial charge in [0.2, 0.25) is 0 Å². The van der Waals surface area contributed by atoms with Crippen molar-refractivity contribution in [3.8, 4) is 0 Å². The van der Waals surface area contributed by atoms with Gasteiger partial charge in [0.15, 0.2) is 0 Å². The zero-order valence-corrected chi connectivity index (χ0v) is 36.2. The lowest BCUT2D eigenvalue weighted by Crippen LogP contribution is -2.38. The van der Waals surface area contributed by atoms with Crippen LogP contribution in [0.4, 0.5) is 0 Å². The Bertz CT molecular complexity index is 1230. The van der Waals surface area contributed by atoms with Crippen LogP contribution in [0.1, 0.15) is 0 Å². The van der Waals surface area contributed by atoms with E-state index < -0.39 is 30.0 Å². The molecule has 0 radical (unpaired) electrons. The van der Waals surface area contributed by atoms with E-state index in [4.69, 9.17) is 154 Å². The molecule has 0 unspecified atom stereocenters. The maximum Gasteiger partial charge on any atom is 0.274 e. The summed E-state index contributed by atoms with van der Waals surface area (Å²) in [5.74, 6) is 0. The van der Waals surface area contributed by atoms with Crippen molar-refractivity contribution in [3.05, 3.63) is 0 Å². The molecule has 0 atom stereocenters. The van der Waals surface area contributed by atoms with Gasteiger partial charge >= 0.3 is 0 Å². The van der Waals surface area contributed by atoms with Crippen molar-refractivity contribution in [2.45, 2.75) is 0 Å². The Morgan fingerprint density at radius 1 is 0.292 bits per heavy atom. The quantitative estimate of drug-likeness (QED) is 0.128. The van der Waals surface area contributed by atoms with Crippen molar-refractivity contribution in [1.29, 1.82) is 0 Å². The summed E-state index contributed by atoms with van der Waals surface area (Å²) in [7, 11) is -5.58. The van der Waals surface area contributed by atoms with Gasteiger partial charge in [0, 0.05) is 0 Å². The molecule has 0 aliphatic carbocycles. The van der Waals surface area contributed by atoms with Gasteiger partial charge < -0.3 is 37.9 Å². The molecule has 0 aromatic rings. The molecule has 48 heavy (non-hydrogen) atoms. The third-order valence-electron chi connectivity index (χ3n) is 4.50. The third kappa shape index (κ3) is 13.6. The lowest BCUT2D eigenvalue weighted by molar-refractivity contribution is 0.400. The highest BCUT2D eigenvalue weighted by Gasteiger charge is 2.42. The number of methoxy groups -OCH3 is 8. The normalized spacial score (nSPS) is 15.8. The van der Waals surface area contributed by atoms with Crippen LogP contribution in [-0.2, 0) is 37.9 Å². The molecule has 0 saturated carbocycles. The number of nitrogens with one attached hydrogen (secondary N) is 8. The first-order chi connectivity index (χ1) is 22.5. The highest BCUT2D eigenvalue weighted by molar-refractivity contribution is 7.90. The number of hydrogen-bond acceptors (Lipinski definition) is 20. The highest BCUT2D eigenvalue weighted by Crippen LogP contribution is 2.71. The average Bonchev–Trinajstić information content (AvgIpc) is 3.02. The minimum Gasteiger partial charge on any atom is -0.474 e. The van der Waals surface area contributed by atoms with Gasteiger partial charge in [-0.15, -0.1) is 0 Å². The molecule has 0 fully saturated rings. The zero-order valence-electron chi connectivity index (χ0n) is 26.1. The van der Waals surface area contributed by atoms with Gasteiger partial charge in [0.05, 0.1) is 56.9 Å². The molecule has 0 spiro atoms. The monoisotopic (exact) mass is 900 g/mol. The average molecular weight is 901 g/mol. The summed E-state index contributed by atoms with van der Waals surface area (Å²) < 4.78 is 62.5. The Kier molecular flexibility index (Phi) is 18.8. The first kappa shape index (κ1) is 44.5. The second-order valence-corrected chi connectivity index (χ2v) is 20.0. The van der Waals surface area contributed by atoms with E-state index >= 15 is 0 Å². The van der Waals surface area contributed by atoms with Gasteiger partial charge in [-0.05, 0) is 97.7 Å². The Hall–Kier alpha value is -1.56. The molecule has 0 bridgehead atoms. The minimum absolute atomic E-state index is 0.218. The van der Waals surface area contributed by atoms with E-state index in [-0.39, 0.29) is 41.4 Å². The van der Waals surface area contributed by atoms with Crippen LogP contribution in [0.2, 0.25) is 0 Å². The fourth-order valence-corrected chi connectivity index (χ4v) is 19.4. The number of hydrogen-bond donors (Lipinski definition) is 8. The second-order valence-electron chi connectivity index (χ2n) is 7.59. The minimum atomic E-state index is -4.00. The predicted octanol–water partition coefficient (Wildman–Crippen LogP) is 3.95. The topological polar surface area (TPSA) is 220 Å². The van der Waals surface area contributed by atoms with Crippen LogP contribution < -0.4 is 40.7 Å². The third-order valence-corrected chi connectivity index (χ3v) is 20.3. The SMILES string of the molecule is COC(=S)NP1(NC(=S)OC)=NP(NC(=S)OC)(NC(=S)OC)=NP(NC(=S)OC)(NC(=S)OC)=NP(NC(=S)OC)(NC(=S)OC)=N1. The zero-order chi connectivity index (χ0) is 36.8. The van der Waals surface area contributed by atoms with Crippen molar-refractivity contribution in [1.82, 2.24) is 40.7 Å². The van der Waals surface area contributed by atoms with Crippen molar-refractivity contribution in [2.75, 3.05) is 56.9 Å². The van der Waals surface area contributed by atoms with Gasteiger partial charge in [0.1, 0.15) is 0 Å². The van der Waals surface area contributed by atoms with E-state index in [1.54, 1.807) is 0 Å². The maximum atomic E-state index is 5.40. The summed E-state index contributed by atoms with van der Waals surface area (Å²) in [6.07, 6.45) is 0. The first-order valence-electron chi connectivity index (χ1n) is 11.9. The molecule has 20 nitrogen and oxygen atoms in total. The fraction of sp³-hybridized carbons (Fsp3) is 0.500. The van der Waals surface area contributed by atoms with E-state index in [9.17, 15) is 0 Å². The molecular formula is C16H32N12O8P4S8. The molecule has 0 amide bonds. The summed E-state index contributed by atoms with van der Waals surface area (Å²) in [6.45, 7) is 0. The molecule has 272 valence electrons. The summed E-state index contributed by atoms with van der Waals surface area (Å²) in [5, 5.41) is 21.8. The summed E-state index contributed by atoms with van der Waals surface area (Å²) >= 11 is 43.2. The van der Waals surface area contributed by atoms with Crippen LogP contribution >= 0.6 is 128 Å². The van der Waals surface area contributed by atoms with E-state index in [1.807, 2.05) is 0 Å². The van der Waals surface area contributed by atoms with Crippen LogP contribution in [0.25, 0.3) is 0 Å². The summed E-state index contributed by atoms with van der Waals surface area (Å²) in [4.78, 5) is 0. The van der Waals surface area contributed by atoms with Crippen molar-refractivity contribution >= 4 is 169 Å². The van der Waals surface area contributed by atoms with Gasteiger partial charge in [-0.25, -0.2) is 0 Å². The molecule has 32 heteroatoms. The molecular weight excluding hydrogens is 869 g/mol. The summed E-state index contributed by atoms with van der Waals surface area (Å²) in [6, 6.07) is 0. The molecule has 0 aromatic carbocycles. The van der Waals surface area contributed by atoms with Crippen LogP contribution in [0.3, 0.4) is 0 Å². The van der Waals surface area contributed by atoms with E-state index in [0.29, 0.717) is 0 Å². The van der Waals surface area contributed by atoms with Crippen molar-refractivity contribution in [2.24, 2.45) is 18.1 Å². The van der Waals surface area contributed by atoms with Gasteiger partial charge in [-0.3, -0.25) is 40.7 Å². The van der Waals surface area contributed by atoms with Crippen LogP contribution in [0.15, 0.2) is 18.1 Å². The molecule has 0 saturated heterocycles. The van der Waals surface area contributed by atoms with E-state index in [0.717, 1.165) is 0 Å². The second kappa shape index (κ2) is 20.3. The van der Waals surface area contributed by atoms with Gasteiger partial charge in [-0.2, -0.15) is 18.1 Å². The number of ether oxygens (including phenoxy) is 8. The smallest absolute Gasteiger partial charge is 0.274 e. The van der Waals surface area contributed by atoms with Crippen LogP contribution in [0.5, 0.6) is 0 Å². The van der Waals surface area contributed by atoms with E-state index in [1.165, 1.54) is 56.9 Å². The Balaban J connectivity index is 5.01. The van der Waals surface area contributed by atoms with Gasteiger partial charge in [0.25, 0.3) is 71.4 Å². The van der Waals surface area contributed by atoms with Gasteiger partial charge in [-0.1, -0.05) is 0 Å². The molecule has 1 heterocycles. The number of nitrogens with zero attached hydrogens (tertiary/aromatic N) is 4. The Morgan fingerprint density at radius 2 is 0.396 bits per heavy atom. The molecule has 1 rings (SSSR count). The Morgan fingerprint density at radius 3 is 0.479 bits per heavy atom. The van der Waals surface area contributed by atoms with Crippen LogP contribution in [0, 0.1) is 0 Å². The molecule has 0 aromatic heterocycles. The fourth-order valence-electron chi connectivity index (χ4n) is 2.67. The summed E-state index contributed by atoms with van der Waals surface area (Å²) in [5.41, 5.74) is 0. The van der Waals surface area contributed by atoms with E-state index in [2.05, 4.69) is 40.7 Å². The highest BCUT2D eigenvalue weighted by atomic mass is 32.1. The standard InChI is InChI=1S/C16H32N12O8P4S8/c1-29-9(41)17-37(18-10(42)30-2)25-38(19-11(43)31-3,20-12(44)32-4)27-40(23-15(47)35-7,24-16(48)36-8)28-39(26-37,21-13(45)33-5)22-14(46)34-6/h1-8H3,(H,17,41)(H,18,42)(H,19,43)(H,20,44)(H,21,45)(H,22,46)(H,23,47)(H,24,48). The van der Waals surface area contributed by atoms with Crippen molar-refractivity contribution in [3.63, 3.8) is 0 Å². The molecule has 1 aliphatic rings. The van der Waals surface area contributed by atoms with Crippen molar-refractivity contribution < 1.29 is 37.9 Å². The molecule has 8 N–H and O–H groups in total.